The zero-order valence-electron chi connectivity index (χ0n) is 41.9. The molecular weight excluding hydrogens is 868 g/mol. The van der Waals surface area contributed by atoms with Gasteiger partial charge in [0.15, 0.2) is 11.5 Å². The summed E-state index contributed by atoms with van der Waals surface area (Å²) in [6.45, 7) is 22.6. The molecule has 1 heterocycles. The van der Waals surface area contributed by atoms with E-state index in [1.807, 2.05) is 27.7 Å². The molecule has 0 unspecified atom stereocenters. The van der Waals surface area contributed by atoms with Crippen LogP contribution in [0, 0.1) is 62.6 Å². The lowest BCUT2D eigenvalue weighted by atomic mass is 9.33. The summed E-state index contributed by atoms with van der Waals surface area (Å²) in [6, 6.07) is 0.519. The first-order valence-electron chi connectivity index (χ1n) is 24.4. The fourth-order valence-corrected chi connectivity index (χ4v) is 15.0. The number of aromatic nitrogens is 2. The third-order valence-electron chi connectivity index (χ3n) is 19.1. The second-order valence-corrected chi connectivity index (χ2v) is 24.4. The number of nitrogens with one attached hydrogen (secondary N) is 2. The average Bonchev–Trinajstić information content (AvgIpc) is 3.78. The van der Waals surface area contributed by atoms with Crippen molar-refractivity contribution in [3.8, 4) is 0 Å². The van der Waals surface area contributed by atoms with Crippen LogP contribution in [0.5, 0.6) is 0 Å². The van der Waals surface area contributed by atoms with Crippen LogP contribution in [0.25, 0.3) is 0 Å². The Hall–Kier alpha value is -4.08. The first-order valence-corrected chi connectivity index (χ1v) is 24.4. The summed E-state index contributed by atoms with van der Waals surface area (Å²) in [5.41, 5.74) is -4.51. The molecule has 0 aromatic carbocycles. The van der Waals surface area contributed by atoms with E-state index in [1.54, 1.807) is 19.0 Å². The zero-order chi connectivity index (χ0) is 50.0. The topological polar surface area (TPSA) is 177 Å². The van der Waals surface area contributed by atoms with Gasteiger partial charge in [-0.15, -0.1) is 0 Å². The molecule has 6 aliphatic rings. The molecule has 0 saturated heterocycles. The number of hydrogen-bond donors (Lipinski definition) is 3. The van der Waals surface area contributed by atoms with Crippen molar-refractivity contribution in [1.82, 2.24) is 25.3 Å². The van der Waals surface area contributed by atoms with Crippen molar-refractivity contribution < 1.29 is 51.8 Å². The number of carbonyl (C=O) groups is 6. The number of ether oxygens (including phenoxy) is 1. The van der Waals surface area contributed by atoms with E-state index in [-0.39, 0.29) is 76.7 Å². The Labute approximate surface area is 393 Å². The van der Waals surface area contributed by atoms with E-state index in [9.17, 15) is 47.0 Å². The highest BCUT2D eigenvalue weighted by Crippen LogP contribution is 2.76. The summed E-state index contributed by atoms with van der Waals surface area (Å²) < 4.78 is 48.4. The van der Waals surface area contributed by atoms with Gasteiger partial charge in [0.2, 0.25) is 11.8 Å². The second-order valence-electron chi connectivity index (χ2n) is 24.4. The highest BCUT2D eigenvalue weighted by molar-refractivity contribution is 6.04. The molecule has 6 aliphatic carbocycles. The van der Waals surface area contributed by atoms with E-state index in [1.165, 1.54) is 13.8 Å². The molecule has 1 aromatic heterocycles. The van der Waals surface area contributed by atoms with Crippen LogP contribution < -0.4 is 10.6 Å². The average molecular weight is 942 g/mol. The molecule has 5 saturated carbocycles. The number of carboxylic acid groups (broad SMARTS) is 1. The number of carboxylic acids is 1. The predicted molar refractivity (Wildman–Crippen MR) is 243 cm³/mol. The molecule has 5 fully saturated rings. The normalized spacial score (nSPS) is 35.5. The zero-order valence-corrected chi connectivity index (χ0v) is 41.9. The molecule has 10 atom stereocenters. The molecule has 2 amide bonds. The third-order valence-corrected chi connectivity index (χ3v) is 19.1. The summed E-state index contributed by atoms with van der Waals surface area (Å²) >= 11 is 0. The highest BCUT2D eigenvalue weighted by atomic mass is 19.4. The minimum Gasteiger partial charge on any atom is -0.481 e. The minimum absolute atomic E-state index is 0.0162. The molecule has 3 N–H and O–H groups in total. The molecule has 0 aliphatic heterocycles. The molecule has 13 nitrogen and oxygen atoms in total. The molecule has 0 radical (unpaired) electrons. The number of amides is 2. The second kappa shape index (κ2) is 16.5. The number of esters is 1. The Morgan fingerprint density at radius 3 is 2.13 bits per heavy atom. The standard InChI is InChI=1S/C51H74F3N5O8/c1-27(2)38-32(60)26-50(56-43(66)46(7,8)55-40(62)31-25-35(51(52,53)54)57-59(31)37(61)18-23-58(12)13)22-21-48(10)28(39(38)50)14-15-34-47(9)19-17-36(45(5,6)33(47)16-20-49(34,48)11)67-42(65)30-24-29(41(63)64)44(30,3)4/h25,27-30,33-34,36H,14-24,26H2,1-13H3,(H,55,62)(H,56,66)(H,63,64)/t28-,29+,30-,33+,34-,36+,47+,48-,49-,50-/m1/s1. The maximum absolute atomic E-state index is 14.6. The van der Waals surface area contributed by atoms with Crippen LogP contribution in [-0.2, 0) is 30.1 Å². The van der Waals surface area contributed by atoms with Crippen LogP contribution in [0.1, 0.15) is 168 Å². The number of aliphatic carboxylic acids is 1. The van der Waals surface area contributed by atoms with E-state index in [0.717, 1.165) is 49.7 Å². The summed E-state index contributed by atoms with van der Waals surface area (Å²) in [7, 11) is 3.40. The monoisotopic (exact) mass is 942 g/mol. The number of hydrogen-bond acceptors (Lipinski definition) is 9. The number of carbonyl (C=O) groups excluding carboxylic acids is 5. The number of halogens is 3. The SMILES string of the molecule is CC(C)C1=C2[C@H]3CC[C@@H]4[C@@]5(C)CC[C@H](OC(=O)[C@H]6C[C@@H](C(=O)O)C6(C)C)C(C)(C)[C@@H]5CC[C@@]4(C)[C@]3(C)CC[C@@]2(NC(=O)C(C)(C)NC(=O)c2cc(C(F)(F)F)nn2C(=O)CCN(C)C)CC1=O. The molecule has 1 aromatic rings. The Balaban J connectivity index is 1.13. The van der Waals surface area contributed by atoms with Crippen molar-refractivity contribution in [3.05, 3.63) is 28.6 Å². The Morgan fingerprint density at radius 2 is 1.55 bits per heavy atom. The Bertz CT molecular complexity index is 2280. The van der Waals surface area contributed by atoms with Gasteiger partial charge in [-0.3, -0.25) is 28.8 Å². The van der Waals surface area contributed by atoms with Gasteiger partial charge in [0, 0.05) is 30.9 Å². The predicted octanol–water partition coefficient (Wildman–Crippen LogP) is 8.51. The number of alkyl halides is 3. The molecule has 372 valence electrons. The number of fused-ring (bicyclic) bond motifs is 7. The van der Waals surface area contributed by atoms with E-state index in [4.69, 9.17) is 4.74 Å². The van der Waals surface area contributed by atoms with Crippen molar-refractivity contribution in [2.24, 2.45) is 62.6 Å². The smallest absolute Gasteiger partial charge is 0.435 e. The quantitative estimate of drug-likeness (QED) is 0.182. The Kier molecular flexibility index (Phi) is 12.5. The van der Waals surface area contributed by atoms with Gasteiger partial charge in [0.05, 0.1) is 17.4 Å². The van der Waals surface area contributed by atoms with Gasteiger partial charge in [-0.2, -0.15) is 23.0 Å². The van der Waals surface area contributed by atoms with E-state index in [2.05, 4.69) is 50.4 Å². The first kappa shape index (κ1) is 50.8. The van der Waals surface area contributed by atoms with Gasteiger partial charge in [-0.25, -0.2) is 0 Å². The van der Waals surface area contributed by atoms with E-state index >= 15 is 0 Å². The van der Waals surface area contributed by atoms with Crippen LogP contribution in [0.3, 0.4) is 0 Å². The number of Topliss-reactive ketones (excluding diaryl/α,β-unsaturated/α-hetero) is 1. The van der Waals surface area contributed by atoms with Crippen LogP contribution >= 0.6 is 0 Å². The van der Waals surface area contributed by atoms with E-state index in [0.29, 0.717) is 35.9 Å². The highest BCUT2D eigenvalue weighted by Gasteiger charge is 2.71. The lowest BCUT2D eigenvalue weighted by molar-refractivity contribution is -0.235. The maximum Gasteiger partial charge on any atom is 0.435 e. The molecular formula is C51H74F3N5O8. The summed E-state index contributed by atoms with van der Waals surface area (Å²) in [6.07, 6.45) is 1.34. The fourth-order valence-electron chi connectivity index (χ4n) is 15.0. The Morgan fingerprint density at radius 1 is 0.896 bits per heavy atom. The summed E-state index contributed by atoms with van der Waals surface area (Å²) in [4.78, 5) is 83.0. The number of allylic oxidation sites excluding steroid dienone is 1. The third kappa shape index (κ3) is 7.98. The largest absolute Gasteiger partial charge is 0.481 e. The van der Waals surface area contributed by atoms with Crippen LogP contribution in [0.2, 0.25) is 0 Å². The van der Waals surface area contributed by atoms with Crippen molar-refractivity contribution >= 4 is 35.4 Å². The van der Waals surface area contributed by atoms with Gasteiger partial charge in [0.1, 0.15) is 17.3 Å². The van der Waals surface area contributed by atoms with Crippen molar-refractivity contribution in [2.45, 2.75) is 170 Å². The summed E-state index contributed by atoms with van der Waals surface area (Å²) in [5, 5.41) is 19.0. The first-order chi connectivity index (χ1) is 30.7. The number of rotatable bonds is 11. The molecule has 67 heavy (non-hydrogen) atoms. The lowest BCUT2D eigenvalue weighted by Crippen LogP contribution is -2.68. The van der Waals surface area contributed by atoms with Gasteiger partial charge in [-0.05, 0) is 142 Å². The van der Waals surface area contributed by atoms with E-state index < -0.39 is 69.6 Å². The van der Waals surface area contributed by atoms with Gasteiger partial charge >= 0.3 is 18.1 Å². The van der Waals surface area contributed by atoms with Crippen molar-refractivity contribution in [1.29, 1.82) is 0 Å². The van der Waals surface area contributed by atoms with Crippen molar-refractivity contribution in [2.75, 3.05) is 20.6 Å². The number of nitrogens with zero attached hydrogens (tertiary/aromatic N) is 3. The van der Waals surface area contributed by atoms with Crippen molar-refractivity contribution in [3.63, 3.8) is 0 Å². The van der Waals surface area contributed by atoms with Gasteiger partial charge in [0.25, 0.3) is 5.91 Å². The molecule has 0 spiro atoms. The lowest BCUT2D eigenvalue weighted by Gasteiger charge is -2.72. The van der Waals surface area contributed by atoms with Crippen LogP contribution in [0.4, 0.5) is 13.2 Å². The molecule has 7 rings (SSSR count). The molecule has 16 heteroatoms. The van der Waals surface area contributed by atoms with Crippen LogP contribution in [0.15, 0.2) is 17.2 Å². The van der Waals surface area contributed by atoms with Crippen LogP contribution in [-0.4, -0.2) is 93.1 Å². The van der Waals surface area contributed by atoms with Gasteiger partial charge < -0.3 is 25.4 Å². The minimum atomic E-state index is -4.93. The van der Waals surface area contributed by atoms with Gasteiger partial charge in [-0.1, -0.05) is 62.3 Å². The maximum atomic E-state index is 14.6. The molecule has 0 bridgehead atoms. The summed E-state index contributed by atoms with van der Waals surface area (Å²) in [5.74, 6) is -4.26. The number of ketones is 1. The fraction of sp³-hybridized carbons (Fsp3) is 0.784.